The zero-order chi connectivity index (χ0) is 14.8. The minimum Gasteiger partial charge on any atom is -0.397 e. The number of nitrogens with zero attached hydrogens (tertiary/aromatic N) is 1. The van der Waals surface area contributed by atoms with Crippen LogP contribution in [-0.4, -0.2) is 40.5 Å². The van der Waals surface area contributed by atoms with Crippen molar-refractivity contribution < 1.29 is 13.2 Å². The van der Waals surface area contributed by atoms with Crippen molar-refractivity contribution in [3.8, 4) is 0 Å². The Balaban J connectivity index is 2.21. The number of hydrogen-bond acceptors (Lipinski definition) is 5. The molecule has 1 aromatic rings. The van der Waals surface area contributed by atoms with E-state index in [9.17, 15) is 8.42 Å². The topological polar surface area (TPSA) is 72.6 Å². The Kier molecular flexibility index (Phi) is 4.55. The van der Waals surface area contributed by atoms with Crippen LogP contribution in [0.1, 0.15) is 19.8 Å². The fourth-order valence-electron chi connectivity index (χ4n) is 2.48. The molecule has 112 valence electrons. The van der Waals surface area contributed by atoms with E-state index in [-0.39, 0.29) is 11.0 Å². The first-order valence-electron chi connectivity index (χ1n) is 6.88. The Morgan fingerprint density at radius 1 is 1.45 bits per heavy atom. The van der Waals surface area contributed by atoms with Gasteiger partial charge in [0.2, 0.25) is 0 Å². The van der Waals surface area contributed by atoms with E-state index in [0.29, 0.717) is 5.69 Å². The highest BCUT2D eigenvalue weighted by Crippen LogP contribution is 2.27. The van der Waals surface area contributed by atoms with Gasteiger partial charge in [-0.3, -0.25) is 0 Å². The fraction of sp³-hybridized carbons (Fsp3) is 0.571. The van der Waals surface area contributed by atoms with Crippen molar-refractivity contribution in [2.45, 2.75) is 30.8 Å². The van der Waals surface area contributed by atoms with Crippen LogP contribution in [0, 0.1) is 0 Å². The van der Waals surface area contributed by atoms with Gasteiger partial charge in [0.15, 0.2) is 9.84 Å². The predicted octanol–water partition coefficient (Wildman–Crippen LogP) is 1.68. The summed E-state index contributed by atoms with van der Waals surface area (Å²) in [6.45, 7) is 4.48. The number of sulfone groups is 1. The van der Waals surface area contributed by atoms with Crippen LogP contribution in [0.4, 0.5) is 11.4 Å². The Morgan fingerprint density at radius 2 is 2.20 bits per heavy atom. The van der Waals surface area contributed by atoms with Crippen LogP contribution in [-0.2, 0) is 14.6 Å². The number of anilines is 2. The minimum absolute atomic E-state index is 0.240. The van der Waals surface area contributed by atoms with Gasteiger partial charge in [-0.2, -0.15) is 0 Å². The highest BCUT2D eigenvalue weighted by molar-refractivity contribution is 7.90. The van der Waals surface area contributed by atoms with Crippen molar-refractivity contribution in [1.29, 1.82) is 0 Å². The summed E-state index contributed by atoms with van der Waals surface area (Å²) in [5.74, 6) is 0. The van der Waals surface area contributed by atoms with Crippen molar-refractivity contribution >= 4 is 21.2 Å². The molecule has 1 fully saturated rings. The second kappa shape index (κ2) is 6.01. The summed E-state index contributed by atoms with van der Waals surface area (Å²) in [4.78, 5) is 2.39. The van der Waals surface area contributed by atoms with Crippen molar-refractivity contribution in [1.82, 2.24) is 0 Å². The quantitative estimate of drug-likeness (QED) is 0.837. The van der Waals surface area contributed by atoms with E-state index in [4.69, 9.17) is 10.5 Å². The van der Waals surface area contributed by atoms with E-state index >= 15 is 0 Å². The summed E-state index contributed by atoms with van der Waals surface area (Å²) in [6.07, 6.45) is 3.59. The zero-order valence-electron chi connectivity index (χ0n) is 12.0. The van der Waals surface area contributed by atoms with E-state index in [0.717, 1.165) is 38.2 Å². The first kappa shape index (κ1) is 15.1. The second-order valence-corrected chi connectivity index (χ2v) is 7.18. The molecule has 2 rings (SSSR count). The lowest BCUT2D eigenvalue weighted by Gasteiger charge is -2.27. The number of ether oxygens (including phenoxy) is 1. The monoisotopic (exact) mass is 298 g/mol. The van der Waals surface area contributed by atoms with Gasteiger partial charge in [0.1, 0.15) is 0 Å². The van der Waals surface area contributed by atoms with Crippen molar-refractivity contribution in [3.63, 3.8) is 0 Å². The van der Waals surface area contributed by atoms with Gasteiger partial charge in [-0.1, -0.05) is 0 Å². The lowest BCUT2D eigenvalue weighted by atomic mass is 10.2. The van der Waals surface area contributed by atoms with Crippen molar-refractivity contribution in [2.75, 3.05) is 36.6 Å². The molecule has 6 heteroatoms. The second-order valence-electron chi connectivity index (χ2n) is 5.17. The van der Waals surface area contributed by atoms with Crippen LogP contribution < -0.4 is 10.6 Å². The third-order valence-electron chi connectivity index (χ3n) is 3.60. The Bertz CT molecular complexity index is 566. The predicted molar refractivity (Wildman–Crippen MR) is 80.8 cm³/mol. The summed E-state index contributed by atoms with van der Waals surface area (Å²) in [5, 5.41) is 0. The van der Waals surface area contributed by atoms with Crippen LogP contribution in [0.2, 0.25) is 0 Å². The molecule has 1 aromatic carbocycles. The van der Waals surface area contributed by atoms with Crippen LogP contribution >= 0.6 is 0 Å². The number of nitrogens with two attached hydrogens (primary N) is 1. The average molecular weight is 298 g/mol. The lowest BCUT2D eigenvalue weighted by molar-refractivity contribution is 0.116. The molecule has 0 bridgehead atoms. The number of nitrogen functional groups attached to an aromatic ring is 1. The van der Waals surface area contributed by atoms with Gasteiger partial charge in [0.05, 0.1) is 22.4 Å². The molecule has 20 heavy (non-hydrogen) atoms. The standard InChI is InChI=1S/C14H22N2O3S/c1-3-16(10-11-5-4-8-19-11)14-7-6-12(9-13(14)15)20(2,17)18/h6-7,9,11H,3-5,8,10,15H2,1-2H3. The summed E-state index contributed by atoms with van der Waals surface area (Å²) in [5.41, 5.74) is 7.39. The smallest absolute Gasteiger partial charge is 0.175 e. The fourth-order valence-corrected chi connectivity index (χ4v) is 3.14. The molecule has 1 aliphatic rings. The van der Waals surface area contributed by atoms with Gasteiger partial charge in [0.25, 0.3) is 0 Å². The van der Waals surface area contributed by atoms with E-state index < -0.39 is 9.84 Å². The molecule has 1 saturated heterocycles. The summed E-state index contributed by atoms with van der Waals surface area (Å²) in [7, 11) is -3.22. The maximum Gasteiger partial charge on any atom is 0.175 e. The maximum absolute atomic E-state index is 11.5. The van der Waals surface area contributed by atoms with E-state index in [2.05, 4.69) is 11.8 Å². The molecule has 1 atom stereocenters. The van der Waals surface area contributed by atoms with Crippen molar-refractivity contribution in [2.24, 2.45) is 0 Å². The van der Waals surface area contributed by atoms with Gasteiger partial charge >= 0.3 is 0 Å². The van der Waals surface area contributed by atoms with Crippen LogP contribution in [0.25, 0.3) is 0 Å². The highest BCUT2D eigenvalue weighted by atomic mass is 32.2. The average Bonchev–Trinajstić information content (AvgIpc) is 2.88. The Hall–Kier alpha value is -1.27. The first-order chi connectivity index (χ1) is 9.41. The normalized spacial score (nSPS) is 19.2. The highest BCUT2D eigenvalue weighted by Gasteiger charge is 2.20. The van der Waals surface area contributed by atoms with Gasteiger partial charge in [-0.25, -0.2) is 8.42 Å². The van der Waals surface area contributed by atoms with Gasteiger partial charge in [0, 0.05) is 26.0 Å². The molecule has 0 radical (unpaired) electrons. The molecule has 0 aromatic heterocycles. The third-order valence-corrected chi connectivity index (χ3v) is 4.71. The van der Waals surface area contributed by atoms with Crippen LogP contribution in [0.3, 0.4) is 0 Å². The minimum atomic E-state index is -3.22. The molecule has 0 amide bonds. The molecule has 2 N–H and O–H groups in total. The molecule has 0 aliphatic carbocycles. The van der Waals surface area contributed by atoms with Gasteiger partial charge in [-0.05, 0) is 38.0 Å². The van der Waals surface area contributed by atoms with E-state index in [1.54, 1.807) is 12.1 Å². The molecule has 5 nitrogen and oxygen atoms in total. The first-order valence-corrected chi connectivity index (χ1v) is 8.77. The summed E-state index contributed by atoms with van der Waals surface area (Å²) in [6, 6.07) is 4.92. The van der Waals surface area contributed by atoms with Crippen LogP contribution in [0.5, 0.6) is 0 Å². The van der Waals surface area contributed by atoms with Gasteiger partial charge in [-0.15, -0.1) is 0 Å². The Labute approximate surface area is 120 Å². The summed E-state index contributed by atoms with van der Waals surface area (Å²) >= 11 is 0. The Morgan fingerprint density at radius 3 is 2.70 bits per heavy atom. The molecular weight excluding hydrogens is 276 g/mol. The largest absolute Gasteiger partial charge is 0.397 e. The maximum atomic E-state index is 11.5. The van der Waals surface area contributed by atoms with Crippen LogP contribution in [0.15, 0.2) is 23.1 Å². The van der Waals surface area contributed by atoms with Gasteiger partial charge < -0.3 is 15.4 Å². The SMILES string of the molecule is CCN(CC1CCCO1)c1ccc(S(C)(=O)=O)cc1N. The van der Waals surface area contributed by atoms with E-state index in [1.807, 2.05) is 0 Å². The molecule has 1 aliphatic heterocycles. The number of rotatable bonds is 5. The zero-order valence-corrected chi connectivity index (χ0v) is 12.8. The number of likely N-dealkylation sites (N-methyl/N-ethyl adjacent to an activating group) is 1. The molecule has 1 unspecified atom stereocenters. The molecule has 0 spiro atoms. The third kappa shape index (κ3) is 3.43. The molecular formula is C14H22N2O3S. The molecule has 0 saturated carbocycles. The lowest BCUT2D eigenvalue weighted by Crippen LogP contribution is -2.32. The number of benzene rings is 1. The summed E-state index contributed by atoms with van der Waals surface area (Å²) < 4.78 is 28.7. The number of hydrogen-bond donors (Lipinski definition) is 1. The van der Waals surface area contributed by atoms with E-state index in [1.165, 1.54) is 12.3 Å². The molecule has 1 heterocycles. The van der Waals surface area contributed by atoms with Crippen molar-refractivity contribution in [3.05, 3.63) is 18.2 Å².